The second kappa shape index (κ2) is 12.7. The van der Waals surface area contributed by atoms with Crippen LogP contribution in [0, 0.1) is 5.82 Å². The number of pyridine rings is 1. The van der Waals surface area contributed by atoms with Crippen LogP contribution < -0.4 is 0 Å². The monoisotopic (exact) mass is 473 g/mol. The van der Waals surface area contributed by atoms with Crippen molar-refractivity contribution in [1.29, 1.82) is 0 Å². The Morgan fingerprint density at radius 3 is 2.24 bits per heavy atom. The predicted molar refractivity (Wildman–Crippen MR) is 131 cm³/mol. The van der Waals surface area contributed by atoms with Crippen LogP contribution >= 0.6 is 0 Å². The third-order valence-corrected chi connectivity index (χ3v) is 5.48. The van der Waals surface area contributed by atoms with Gasteiger partial charge in [-0.3, -0.25) is 9.78 Å². The lowest BCUT2D eigenvalue weighted by Crippen LogP contribution is -2.19. The Morgan fingerprint density at radius 2 is 1.71 bits per heavy atom. The van der Waals surface area contributed by atoms with Gasteiger partial charge in [-0.05, 0) is 42.0 Å². The number of ether oxygens (including phenoxy) is 1. The molecule has 0 saturated heterocycles. The first kappa shape index (κ1) is 27.6. The second-order valence-corrected chi connectivity index (χ2v) is 9.02. The number of halogens is 1. The minimum absolute atomic E-state index is 0.0623. The van der Waals surface area contributed by atoms with Crippen LogP contribution in [0.3, 0.4) is 0 Å². The quantitative estimate of drug-likeness (QED) is 0.388. The highest BCUT2D eigenvalue weighted by Gasteiger charge is 2.23. The van der Waals surface area contributed by atoms with Crippen LogP contribution in [-0.4, -0.2) is 45.1 Å². The van der Waals surface area contributed by atoms with E-state index in [1.165, 1.54) is 12.1 Å². The van der Waals surface area contributed by atoms with E-state index in [2.05, 4.69) is 13.8 Å². The number of hydrogen-bond donors (Lipinski definition) is 3. The molecule has 2 unspecified atom stereocenters. The average molecular weight is 474 g/mol. The number of aliphatic hydroxyl groups excluding tert-OH is 2. The molecule has 1 aromatic carbocycles. The standard InChI is InChI=1S/C27H36FNO5/c1-6-34-15-23-25(18-7-9-19(28)10-8-18)22(26(16(2)3)29-27(23)17(4)5)12-11-20(30)13-21(31)14-24(32)33/h7-12,16-17,20-21,30-31H,6,13-15H2,1-5H3,(H,32,33)/b12-11+. The van der Waals surface area contributed by atoms with Crippen LogP contribution in [0.5, 0.6) is 0 Å². The molecule has 2 aromatic rings. The van der Waals surface area contributed by atoms with Gasteiger partial charge in [0.15, 0.2) is 0 Å². The van der Waals surface area contributed by atoms with E-state index < -0.39 is 24.6 Å². The molecule has 0 aliphatic rings. The number of carboxylic acids is 1. The van der Waals surface area contributed by atoms with Gasteiger partial charge in [0, 0.05) is 29.8 Å². The Bertz CT molecular complexity index is 986. The van der Waals surface area contributed by atoms with Gasteiger partial charge in [-0.25, -0.2) is 4.39 Å². The summed E-state index contributed by atoms with van der Waals surface area (Å²) in [7, 11) is 0. The summed E-state index contributed by atoms with van der Waals surface area (Å²) in [6.07, 6.45) is 0.559. The van der Waals surface area contributed by atoms with E-state index in [0.717, 1.165) is 33.6 Å². The maximum atomic E-state index is 13.7. The molecule has 0 saturated carbocycles. The third kappa shape index (κ3) is 7.45. The van der Waals surface area contributed by atoms with Crippen molar-refractivity contribution >= 4 is 12.0 Å². The first-order valence-corrected chi connectivity index (χ1v) is 11.7. The topological polar surface area (TPSA) is 99.9 Å². The number of aliphatic hydroxyl groups is 2. The number of rotatable bonds is 12. The lowest BCUT2D eigenvalue weighted by Gasteiger charge is -2.24. The number of hydrogen-bond acceptors (Lipinski definition) is 5. The lowest BCUT2D eigenvalue weighted by atomic mass is 9.87. The smallest absolute Gasteiger partial charge is 0.305 e. The van der Waals surface area contributed by atoms with Crippen LogP contribution in [0.4, 0.5) is 4.39 Å². The summed E-state index contributed by atoms with van der Waals surface area (Å²) in [5, 5.41) is 29.2. The molecular weight excluding hydrogens is 437 g/mol. The highest BCUT2D eigenvalue weighted by atomic mass is 19.1. The van der Waals surface area contributed by atoms with Crippen LogP contribution in [0.1, 0.15) is 81.8 Å². The molecule has 2 atom stereocenters. The zero-order chi connectivity index (χ0) is 25.4. The second-order valence-electron chi connectivity index (χ2n) is 9.02. The van der Waals surface area contributed by atoms with Crippen LogP contribution in [-0.2, 0) is 16.1 Å². The van der Waals surface area contributed by atoms with Gasteiger partial charge in [-0.15, -0.1) is 0 Å². The summed E-state index contributed by atoms with van der Waals surface area (Å²) in [5.74, 6) is -1.27. The van der Waals surface area contributed by atoms with E-state index in [1.54, 1.807) is 24.3 Å². The minimum atomic E-state index is -1.16. The fourth-order valence-corrected chi connectivity index (χ4v) is 3.91. The molecule has 2 rings (SSSR count). The highest BCUT2D eigenvalue weighted by molar-refractivity contribution is 5.80. The molecule has 0 fully saturated rings. The number of carbonyl (C=O) groups is 1. The van der Waals surface area contributed by atoms with E-state index in [4.69, 9.17) is 14.8 Å². The maximum absolute atomic E-state index is 13.7. The Morgan fingerprint density at radius 1 is 1.09 bits per heavy atom. The van der Waals surface area contributed by atoms with Crippen molar-refractivity contribution in [2.24, 2.45) is 0 Å². The minimum Gasteiger partial charge on any atom is -0.481 e. The maximum Gasteiger partial charge on any atom is 0.305 e. The van der Waals surface area contributed by atoms with Gasteiger partial charge in [-0.1, -0.05) is 52.0 Å². The van der Waals surface area contributed by atoms with Crippen molar-refractivity contribution in [1.82, 2.24) is 4.98 Å². The van der Waals surface area contributed by atoms with Gasteiger partial charge >= 0.3 is 5.97 Å². The summed E-state index contributed by atoms with van der Waals surface area (Å²) in [6.45, 7) is 11.0. The van der Waals surface area contributed by atoms with Gasteiger partial charge in [0.25, 0.3) is 0 Å². The molecule has 7 heteroatoms. The van der Waals surface area contributed by atoms with Gasteiger partial charge in [0.05, 0.1) is 30.9 Å². The van der Waals surface area contributed by atoms with Crippen molar-refractivity contribution in [3.63, 3.8) is 0 Å². The van der Waals surface area contributed by atoms with Crippen LogP contribution in [0.15, 0.2) is 30.3 Å². The number of benzene rings is 1. The van der Waals surface area contributed by atoms with Crippen LogP contribution in [0.25, 0.3) is 17.2 Å². The lowest BCUT2D eigenvalue weighted by molar-refractivity contribution is -0.139. The van der Waals surface area contributed by atoms with E-state index in [1.807, 2.05) is 20.8 Å². The third-order valence-electron chi connectivity index (χ3n) is 5.48. The van der Waals surface area contributed by atoms with Gasteiger partial charge < -0.3 is 20.1 Å². The van der Waals surface area contributed by atoms with Gasteiger partial charge in [-0.2, -0.15) is 0 Å². The Hall–Kier alpha value is -2.61. The van der Waals surface area contributed by atoms with E-state index in [9.17, 15) is 19.4 Å². The molecule has 34 heavy (non-hydrogen) atoms. The Labute approximate surface area is 201 Å². The molecule has 0 aliphatic heterocycles. The van der Waals surface area contributed by atoms with Crippen LogP contribution in [0.2, 0.25) is 0 Å². The van der Waals surface area contributed by atoms with Gasteiger partial charge in [0.1, 0.15) is 5.82 Å². The van der Waals surface area contributed by atoms with E-state index in [-0.39, 0.29) is 24.1 Å². The molecule has 0 spiro atoms. The van der Waals surface area contributed by atoms with E-state index in [0.29, 0.717) is 13.2 Å². The van der Waals surface area contributed by atoms with Crippen molar-refractivity contribution in [3.8, 4) is 11.1 Å². The summed E-state index contributed by atoms with van der Waals surface area (Å²) in [5.41, 5.74) is 5.11. The number of aliphatic carboxylic acids is 1. The SMILES string of the molecule is CCOCc1c(C(C)C)nc(C(C)C)c(/C=C/C(O)CC(O)CC(=O)O)c1-c1ccc(F)cc1. The molecule has 3 N–H and O–H groups in total. The summed E-state index contributed by atoms with van der Waals surface area (Å²) in [6, 6.07) is 6.27. The first-order valence-electron chi connectivity index (χ1n) is 11.7. The zero-order valence-electron chi connectivity index (χ0n) is 20.6. The molecule has 1 aromatic heterocycles. The summed E-state index contributed by atoms with van der Waals surface area (Å²) in [4.78, 5) is 15.8. The molecule has 0 radical (unpaired) electrons. The van der Waals surface area contributed by atoms with Gasteiger partial charge in [0.2, 0.25) is 0 Å². The van der Waals surface area contributed by atoms with Crippen molar-refractivity contribution in [2.45, 2.75) is 78.1 Å². The number of aromatic nitrogens is 1. The fourth-order valence-electron chi connectivity index (χ4n) is 3.91. The largest absolute Gasteiger partial charge is 0.481 e. The Kier molecular flexibility index (Phi) is 10.4. The molecule has 0 aliphatic carbocycles. The molecular formula is C27H36FNO5. The molecule has 0 amide bonds. The molecule has 186 valence electrons. The Balaban J connectivity index is 2.70. The highest BCUT2D eigenvalue weighted by Crippen LogP contribution is 2.38. The number of nitrogens with zero attached hydrogens (tertiary/aromatic N) is 1. The van der Waals surface area contributed by atoms with Crippen molar-refractivity contribution < 1.29 is 29.2 Å². The molecule has 0 bridgehead atoms. The van der Waals surface area contributed by atoms with Crippen molar-refractivity contribution in [2.75, 3.05) is 6.61 Å². The molecule has 6 nitrogen and oxygen atoms in total. The average Bonchev–Trinajstić information content (AvgIpc) is 2.75. The molecule has 1 heterocycles. The summed E-state index contributed by atoms with van der Waals surface area (Å²) >= 11 is 0. The van der Waals surface area contributed by atoms with E-state index >= 15 is 0 Å². The fraction of sp³-hybridized carbons (Fsp3) is 0.481. The van der Waals surface area contributed by atoms with Crippen molar-refractivity contribution in [3.05, 3.63) is 58.7 Å². The number of carboxylic acid groups (broad SMARTS) is 1. The first-order chi connectivity index (χ1) is 16.0. The predicted octanol–water partition coefficient (Wildman–Crippen LogP) is 5.27. The summed E-state index contributed by atoms with van der Waals surface area (Å²) < 4.78 is 19.5. The normalized spacial score (nSPS) is 13.7. The zero-order valence-corrected chi connectivity index (χ0v) is 20.6.